The van der Waals surface area contributed by atoms with Crippen molar-refractivity contribution in [2.45, 2.75) is 6.92 Å². The average Bonchev–Trinajstić information content (AvgIpc) is 2.86. The van der Waals surface area contributed by atoms with Crippen molar-refractivity contribution in [3.8, 4) is 5.75 Å². The Hall–Kier alpha value is -1.48. The number of aromatic amines is 1. The number of benzene rings is 1. The Morgan fingerprint density at radius 3 is 3.00 bits per heavy atom. The summed E-state index contributed by atoms with van der Waals surface area (Å²) in [4.78, 5) is 0. The Bertz CT molecular complexity index is 572. The molecule has 2 rings (SSSR count). The van der Waals surface area contributed by atoms with Crippen LogP contribution in [-0.4, -0.2) is 33.4 Å². The number of ether oxygens (including phenoxy) is 1. The number of hydrazone groups is 1. The second-order valence-electron chi connectivity index (χ2n) is 3.34. The highest BCUT2D eigenvalue weighted by Crippen LogP contribution is 2.32. The van der Waals surface area contributed by atoms with Crippen LogP contribution < -0.4 is 10.2 Å². The monoisotopic (exact) mass is 388 g/mol. The van der Waals surface area contributed by atoms with Crippen LogP contribution in [0.25, 0.3) is 0 Å². The summed E-state index contributed by atoms with van der Waals surface area (Å²) >= 11 is 6.87. The Morgan fingerprint density at radius 1 is 1.47 bits per heavy atom. The molecule has 0 fully saturated rings. The van der Waals surface area contributed by atoms with Gasteiger partial charge in [-0.3, -0.25) is 0 Å². The van der Waals surface area contributed by atoms with Crippen LogP contribution in [0.15, 0.2) is 26.2 Å². The molecule has 2 N–H and O–H groups in total. The number of nitrogens with zero attached hydrogens (tertiary/aromatic N) is 4. The number of rotatable bonds is 5. The first-order valence-electron chi connectivity index (χ1n) is 5.35. The zero-order chi connectivity index (χ0) is 13.7. The summed E-state index contributed by atoms with van der Waals surface area (Å²) in [5.74, 6) is 1.02. The summed E-state index contributed by atoms with van der Waals surface area (Å²) in [6.07, 6.45) is 1.62. The SMILES string of the molecule is CCOc1c(Br)cc(Br)cc1/C=N/Nc1nn[nH]n1. The van der Waals surface area contributed by atoms with E-state index in [1.807, 2.05) is 19.1 Å². The molecule has 1 aromatic heterocycles. The molecular formula is C10H10Br2N6O. The smallest absolute Gasteiger partial charge is 0.283 e. The van der Waals surface area contributed by atoms with Gasteiger partial charge in [0, 0.05) is 10.0 Å². The molecule has 0 aliphatic heterocycles. The van der Waals surface area contributed by atoms with Crippen LogP contribution in [0.3, 0.4) is 0 Å². The van der Waals surface area contributed by atoms with Gasteiger partial charge in [0.1, 0.15) is 5.75 Å². The van der Waals surface area contributed by atoms with Crippen LogP contribution in [0.5, 0.6) is 5.75 Å². The lowest BCUT2D eigenvalue weighted by Gasteiger charge is -2.09. The van der Waals surface area contributed by atoms with Crippen LogP contribution in [0, 0.1) is 0 Å². The molecule has 0 aliphatic rings. The lowest BCUT2D eigenvalue weighted by atomic mass is 10.2. The number of hydrogen-bond donors (Lipinski definition) is 2. The lowest BCUT2D eigenvalue weighted by Crippen LogP contribution is -1.99. The minimum Gasteiger partial charge on any atom is -0.492 e. The van der Waals surface area contributed by atoms with Gasteiger partial charge in [0.05, 0.1) is 17.3 Å². The highest BCUT2D eigenvalue weighted by molar-refractivity contribution is 9.11. The zero-order valence-electron chi connectivity index (χ0n) is 9.89. The molecule has 7 nitrogen and oxygen atoms in total. The van der Waals surface area contributed by atoms with E-state index in [-0.39, 0.29) is 0 Å². The maximum absolute atomic E-state index is 5.57. The summed E-state index contributed by atoms with van der Waals surface area (Å²) in [5.41, 5.74) is 3.47. The molecule has 0 saturated carbocycles. The zero-order valence-corrected chi connectivity index (χ0v) is 13.1. The summed E-state index contributed by atoms with van der Waals surface area (Å²) in [5, 5.41) is 17.2. The van der Waals surface area contributed by atoms with Crippen molar-refractivity contribution < 1.29 is 4.74 Å². The van der Waals surface area contributed by atoms with Crippen LogP contribution in [0.1, 0.15) is 12.5 Å². The molecule has 1 heterocycles. The van der Waals surface area contributed by atoms with Gasteiger partial charge in [0.15, 0.2) is 0 Å². The minimum atomic E-state index is 0.295. The molecule has 100 valence electrons. The largest absolute Gasteiger partial charge is 0.492 e. The molecule has 0 atom stereocenters. The quantitative estimate of drug-likeness (QED) is 0.606. The third-order valence-corrected chi connectivity index (χ3v) is 3.09. The van der Waals surface area contributed by atoms with Crippen LogP contribution in [0.4, 0.5) is 5.95 Å². The van der Waals surface area contributed by atoms with Gasteiger partial charge in [0.25, 0.3) is 5.95 Å². The van der Waals surface area contributed by atoms with E-state index >= 15 is 0 Å². The first-order valence-corrected chi connectivity index (χ1v) is 6.93. The number of aromatic nitrogens is 4. The molecule has 0 amide bonds. The van der Waals surface area contributed by atoms with Gasteiger partial charge in [-0.15, -0.1) is 5.10 Å². The number of anilines is 1. The molecule has 1 aromatic carbocycles. The molecule has 0 saturated heterocycles. The summed E-state index contributed by atoms with van der Waals surface area (Å²) in [6.45, 7) is 2.49. The average molecular weight is 390 g/mol. The Labute approximate surface area is 126 Å². The van der Waals surface area contributed by atoms with E-state index in [0.29, 0.717) is 12.6 Å². The van der Waals surface area contributed by atoms with Gasteiger partial charge in [-0.05, 0) is 40.2 Å². The fourth-order valence-corrected chi connectivity index (χ4v) is 2.71. The van der Waals surface area contributed by atoms with Crippen LogP contribution in [-0.2, 0) is 0 Å². The minimum absolute atomic E-state index is 0.295. The van der Waals surface area contributed by atoms with Gasteiger partial charge in [0.2, 0.25) is 0 Å². The van der Waals surface area contributed by atoms with Gasteiger partial charge < -0.3 is 4.74 Å². The normalized spacial score (nSPS) is 10.9. The fourth-order valence-electron chi connectivity index (χ4n) is 1.34. The van der Waals surface area contributed by atoms with Crippen molar-refractivity contribution in [3.63, 3.8) is 0 Å². The highest BCUT2D eigenvalue weighted by atomic mass is 79.9. The summed E-state index contributed by atoms with van der Waals surface area (Å²) < 4.78 is 7.35. The van der Waals surface area contributed by atoms with Crippen molar-refractivity contribution in [2.24, 2.45) is 5.10 Å². The van der Waals surface area contributed by atoms with Crippen molar-refractivity contribution in [1.29, 1.82) is 0 Å². The number of halogens is 2. The van der Waals surface area contributed by atoms with Crippen LogP contribution in [0.2, 0.25) is 0 Å². The van der Waals surface area contributed by atoms with Crippen molar-refractivity contribution in [2.75, 3.05) is 12.0 Å². The third kappa shape index (κ3) is 3.74. The molecular weight excluding hydrogens is 380 g/mol. The predicted octanol–water partition coefficient (Wildman–Crippen LogP) is 2.57. The van der Waals surface area contributed by atoms with E-state index in [9.17, 15) is 0 Å². The van der Waals surface area contributed by atoms with E-state index < -0.39 is 0 Å². The Balaban J connectivity index is 2.20. The highest BCUT2D eigenvalue weighted by Gasteiger charge is 2.08. The first-order chi connectivity index (χ1) is 9.20. The first kappa shape index (κ1) is 13.9. The Morgan fingerprint density at radius 2 is 2.32 bits per heavy atom. The lowest BCUT2D eigenvalue weighted by molar-refractivity contribution is 0.337. The van der Waals surface area contributed by atoms with Crippen molar-refractivity contribution in [3.05, 3.63) is 26.6 Å². The van der Waals surface area contributed by atoms with Gasteiger partial charge >= 0.3 is 0 Å². The van der Waals surface area contributed by atoms with E-state index in [1.54, 1.807) is 6.21 Å². The topological polar surface area (TPSA) is 88.1 Å². The molecule has 0 radical (unpaired) electrons. The maximum Gasteiger partial charge on any atom is 0.283 e. The summed E-state index contributed by atoms with van der Waals surface area (Å²) in [7, 11) is 0. The van der Waals surface area contributed by atoms with E-state index in [0.717, 1.165) is 20.3 Å². The second-order valence-corrected chi connectivity index (χ2v) is 5.11. The molecule has 0 aliphatic carbocycles. The predicted molar refractivity (Wildman–Crippen MR) is 78.4 cm³/mol. The number of nitrogens with one attached hydrogen (secondary N) is 2. The van der Waals surface area contributed by atoms with Crippen LogP contribution >= 0.6 is 31.9 Å². The van der Waals surface area contributed by atoms with Gasteiger partial charge in [-0.25, -0.2) is 5.43 Å². The van der Waals surface area contributed by atoms with E-state index in [1.165, 1.54) is 0 Å². The van der Waals surface area contributed by atoms with Gasteiger partial charge in [-0.1, -0.05) is 21.0 Å². The molecule has 9 heteroatoms. The molecule has 2 aromatic rings. The van der Waals surface area contributed by atoms with Crippen molar-refractivity contribution >= 4 is 44.0 Å². The second kappa shape index (κ2) is 6.62. The maximum atomic E-state index is 5.57. The van der Waals surface area contributed by atoms with Crippen molar-refractivity contribution in [1.82, 2.24) is 20.6 Å². The van der Waals surface area contributed by atoms with E-state index in [2.05, 4.69) is 63.0 Å². The molecule has 0 spiro atoms. The van der Waals surface area contributed by atoms with E-state index in [4.69, 9.17) is 4.74 Å². The summed E-state index contributed by atoms with van der Waals surface area (Å²) in [6, 6.07) is 3.81. The molecule has 19 heavy (non-hydrogen) atoms. The third-order valence-electron chi connectivity index (χ3n) is 2.04. The number of H-pyrrole nitrogens is 1. The Kier molecular flexibility index (Phi) is 4.86. The van der Waals surface area contributed by atoms with Gasteiger partial charge in [-0.2, -0.15) is 10.3 Å². The number of hydrogen-bond acceptors (Lipinski definition) is 6. The molecule has 0 unspecified atom stereocenters. The fraction of sp³-hybridized carbons (Fsp3) is 0.200. The number of tetrazole rings is 1. The standard InChI is InChI=1S/C10H10Br2N6O/c1-2-19-9-6(3-7(11)4-8(9)12)5-13-14-10-15-17-18-16-10/h3-5H,2H2,1H3,(H2,14,15,16,17,18)/b13-5+. The molecule has 0 bridgehead atoms.